The first kappa shape index (κ1) is 60.6. The van der Waals surface area contributed by atoms with Crippen molar-refractivity contribution in [3.05, 3.63) is 0 Å². The smallest absolute Gasteiger partial charge is 0.421 e. The van der Waals surface area contributed by atoms with Crippen molar-refractivity contribution in [3.8, 4) is 0 Å². The maximum absolute atomic E-state index is 12.4. The number of carbonyl (C=O) groups is 2. The van der Waals surface area contributed by atoms with E-state index in [4.69, 9.17) is 10.2 Å². The fraction of sp³-hybridized carbons (Fsp3) is 0.917. The van der Waals surface area contributed by atoms with Crippen molar-refractivity contribution in [3.63, 3.8) is 0 Å². The third-order valence-electron chi connectivity index (χ3n) is 6.69. The molecule has 0 amide bonds. The first-order chi connectivity index (χ1) is 24.5. The maximum Gasteiger partial charge on any atom is 0.457 e. The lowest BCUT2D eigenvalue weighted by molar-refractivity contribution is -0.370. The highest BCUT2D eigenvalue weighted by atomic mass is 19.4. The van der Waals surface area contributed by atoms with Gasteiger partial charge in [0.15, 0.2) is 10.8 Å². The minimum absolute atomic E-state index is 0.346. The highest BCUT2D eigenvalue weighted by Crippen LogP contribution is 2.45. The van der Waals surface area contributed by atoms with Crippen molar-refractivity contribution < 1.29 is 148 Å². The van der Waals surface area contributed by atoms with Crippen LogP contribution in [-0.2, 0) is 19.1 Å². The van der Waals surface area contributed by atoms with E-state index in [1.807, 2.05) is 0 Å². The Bertz CT molecular complexity index is 1140. The molecule has 0 heterocycles. The van der Waals surface area contributed by atoms with Crippen LogP contribution in [0.25, 0.3) is 0 Å². The average Bonchev–Trinajstić information content (AvgIpc) is 2.99. The summed E-state index contributed by atoms with van der Waals surface area (Å²) in [4.78, 5) is 21.8. The molecule has 0 spiro atoms. The number of hydrogen-bond acceptors (Lipinski definition) is 6. The van der Waals surface area contributed by atoms with E-state index in [1.165, 1.54) is 0 Å². The van der Waals surface area contributed by atoms with E-state index < -0.39 is 123 Å². The first-order valence-corrected chi connectivity index (χ1v) is 13.6. The molecular formula is C24H25F27O6. The Morgan fingerprint density at radius 2 is 0.719 bits per heavy atom. The van der Waals surface area contributed by atoms with Crippen LogP contribution in [0.3, 0.4) is 0 Å². The molecule has 0 radical (unpaired) electrons. The Balaban J connectivity index is -0.000000334. The standard InChI is InChI=1S/2C8H9F7O2.C4H3F7O.C4H4F6O/c2*1-3-6(2,8(13,14)15)5(16)17-4(9)7(10,11)12;5-1-2(12,3(6,7)8)4(9,10)11;5-1-3(11,2(6)7)4(8,9)10/h2*4H,3H2,1-2H3;12H,1H2;2,11H,1H2. The molecule has 57 heavy (non-hydrogen) atoms. The molecule has 6 nitrogen and oxygen atoms in total. The predicted octanol–water partition coefficient (Wildman–Crippen LogP) is 10.1. The molecule has 0 bridgehead atoms. The van der Waals surface area contributed by atoms with Crippen molar-refractivity contribution in [1.82, 2.24) is 0 Å². The summed E-state index contributed by atoms with van der Waals surface area (Å²) in [5.41, 5.74) is -16.1. The normalized spacial score (nSPS) is 17.7. The van der Waals surface area contributed by atoms with Crippen molar-refractivity contribution in [2.75, 3.05) is 13.3 Å². The second-order valence-corrected chi connectivity index (χ2v) is 10.7. The summed E-state index contributed by atoms with van der Waals surface area (Å²) in [7, 11) is 0. The molecular weight excluding hydrogens is 897 g/mol. The SMILES string of the molecule is CCC(C)(C(=O)OC(F)C(F)(F)F)C(F)(F)F.CCC(C)(C(=O)OC(F)C(F)(F)F)C(F)(F)F.OC(CF)(C(F)(F)F)C(F)(F)F.OC(CF)(C(F)F)C(F)(F)F. The van der Waals surface area contributed by atoms with Gasteiger partial charge >= 0.3 is 67.9 Å². The van der Waals surface area contributed by atoms with Gasteiger partial charge in [-0.25, -0.2) is 17.6 Å². The predicted molar refractivity (Wildman–Crippen MR) is 129 cm³/mol. The minimum atomic E-state index is -6.06. The Morgan fingerprint density at radius 1 is 0.474 bits per heavy atom. The van der Waals surface area contributed by atoms with Crippen molar-refractivity contribution in [2.24, 2.45) is 10.8 Å². The maximum atomic E-state index is 12.4. The van der Waals surface area contributed by atoms with E-state index in [0.717, 1.165) is 13.8 Å². The van der Waals surface area contributed by atoms with Gasteiger partial charge < -0.3 is 19.7 Å². The summed E-state index contributed by atoms with van der Waals surface area (Å²) in [5.74, 6) is -4.59. The van der Waals surface area contributed by atoms with Crippen molar-refractivity contribution >= 4 is 11.9 Å². The van der Waals surface area contributed by atoms with Crippen LogP contribution in [0.4, 0.5) is 119 Å². The van der Waals surface area contributed by atoms with Gasteiger partial charge in [-0.05, 0) is 26.7 Å². The third-order valence-corrected chi connectivity index (χ3v) is 6.69. The molecule has 0 aliphatic carbocycles. The lowest BCUT2D eigenvalue weighted by Crippen LogP contribution is -2.58. The van der Waals surface area contributed by atoms with Crippen LogP contribution in [0.2, 0.25) is 0 Å². The molecule has 0 aromatic heterocycles. The number of aliphatic hydroxyl groups is 2. The molecule has 2 N–H and O–H groups in total. The summed E-state index contributed by atoms with van der Waals surface area (Å²) in [6, 6.07) is 0. The van der Waals surface area contributed by atoms with Gasteiger partial charge in [0, 0.05) is 0 Å². The van der Waals surface area contributed by atoms with E-state index in [2.05, 4.69) is 9.47 Å². The second-order valence-electron chi connectivity index (χ2n) is 10.7. The number of hydrogen-bond donors (Lipinski definition) is 2. The zero-order chi connectivity index (χ0) is 47.6. The van der Waals surface area contributed by atoms with E-state index in [0.29, 0.717) is 13.8 Å². The van der Waals surface area contributed by atoms with E-state index in [9.17, 15) is 128 Å². The zero-order valence-electron chi connectivity index (χ0n) is 27.8. The van der Waals surface area contributed by atoms with Crippen LogP contribution in [0.15, 0.2) is 0 Å². The van der Waals surface area contributed by atoms with Gasteiger partial charge in [-0.1, -0.05) is 13.8 Å². The molecule has 0 fully saturated rings. The molecule has 33 heteroatoms. The van der Waals surface area contributed by atoms with Crippen LogP contribution < -0.4 is 0 Å². The summed E-state index contributed by atoms with van der Waals surface area (Å²) >= 11 is 0. The molecule has 5 unspecified atom stereocenters. The van der Waals surface area contributed by atoms with E-state index >= 15 is 0 Å². The van der Waals surface area contributed by atoms with Gasteiger partial charge in [0.2, 0.25) is 5.60 Å². The van der Waals surface area contributed by atoms with Gasteiger partial charge in [0.25, 0.3) is 12.0 Å². The fourth-order valence-corrected chi connectivity index (χ4v) is 2.07. The van der Waals surface area contributed by atoms with Gasteiger partial charge in [0.1, 0.15) is 13.3 Å². The Morgan fingerprint density at radius 3 is 0.789 bits per heavy atom. The van der Waals surface area contributed by atoms with Crippen molar-refractivity contribution in [1.29, 1.82) is 0 Å². The quantitative estimate of drug-likeness (QED) is 0.177. The molecule has 0 saturated heterocycles. The van der Waals surface area contributed by atoms with E-state index in [-0.39, 0.29) is 0 Å². The zero-order valence-corrected chi connectivity index (χ0v) is 27.8. The largest absolute Gasteiger partial charge is 0.457 e. The molecule has 5 atom stereocenters. The van der Waals surface area contributed by atoms with Crippen LogP contribution in [0.5, 0.6) is 0 Å². The molecule has 0 saturated carbocycles. The number of rotatable bonds is 9. The van der Waals surface area contributed by atoms with Crippen LogP contribution in [-0.4, -0.2) is 109 Å². The number of alkyl halides is 27. The highest BCUT2D eigenvalue weighted by molar-refractivity contribution is 5.78. The van der Waals surface area contributed by atoms with Gasteiger partial charge in [-0.2, -0.15) is 101 Å². The van der Waals surface area contributed by atoms with Gasteiger partial charge in [0.05, 0.1) is 0 Å². The summed E-state index contributed by atoms with van der Waals surface area (Å²) < 4.78 is 323. The van der Waals surface area contributed by atoms with Gasteiger partial charge in [-0.15, -0.1) is 0 Å². The second kappa shape index (κ2) is 20.3. The summed E-state index contributed by atoms with van der Waals surface area (Å²) in [6.45, 7) is -2.95. The molecule has 346 valence electrons. The van der Waals surface area contributed by atoms with Crippen LogP contribution in [0.1, 0.15) is 40.5 Å². The first-order valence-electron chi connectivity index (χ1n) is 13.6. The molecule has 0 aliphatic heterocycles. The number of esters is 2. The summed E-state index contributed by atoms with van der Waals surface area (Å²) in [5, 5.41) is 15.9. The van der Waals surface area contributed by atoms with E-state index in [1.54, 1.807) is 0 Å². The highest BCUT2D eigenvalue weighted by Gasteiger charge is 2.71. The Hall–Kier alpha value is -3.03. The topological polar surface area (TPSA) is 93.1 Å². The minimum Gasteiger partial charge on any atom is -0.421 e. The van der Waals surface area contributed by atoms with Gasteiger partial charge in [-0.3, -0.25) is 9.59 Å². The lowest BCUT2D eigenvalue weighted by Gasteiger charge is -2.29. The fourth-order valence-electron chi connectivity index (χ4n) is 2.07. The number of carbonyl (C=O) groups excluding carboxylic acids is 2. The molecule has 0 aromatic carbocycles. The Kier molecular flexibility index (Phi) is 21.6. The number of halogens is 27. The monoisotopic (exact) mass is 922 g/mol. The summed E-state index contributed by atoms with van der Waals surface area (Å²) in [6.07, 6.45) is -53.1. The average molecular weight is 922 g/mol. The van der Waals surface area contributed by atoms with Crippen LogP contribution >= 0.6 is 0 Å². The Labute approximate surface area is 299 Å². The van der Waals surface area contributed by atoms with Crippen molar-refractivity contribution in [2.45, 2.75) is 114 Å². The molecule has 0 aliphatic rings. The third kappa shape index (κ3) is 16.3. The van der Waals surface area contributed by atoms with Crippen LogP contribution in [0, 0.1) is 10.8 Å². The number of ether oxygens (including phenoxy) is 2. The molecule has 0 rings (SSSR count). The lowest BCUT2D eigenvalue weighted by atomic mass is 9.87. The molecule has 0 aromatic rings.